The van der Waals surface area contributed by atoms with Gasteiger partial charge >= 0.3 is 0 Å². The summed E-state index contributed by atoms with van der Waals surface area (Å²) in [7, 11) is 0. The van der Waals surface area contributed by atoms with E-state index in [-0.39, 0.29) is 6.04 Å². The first-order chi connectivity index (χ1) is 9.70. The Hall–Kier alpha value is -1.75. The van der Waals surface area contributed by atoms with Gasteiger partial charge in [0.1, 0.15) is 0 Å². The van der Waals surface area contributed by atoms with Crippen LogP contribution in [0.1, 0.15) is 26.9 Å². The molecule has 0 aliphatic heterocycles. The number of hydrazine groups is 1. The summed E-state index contributed by atoms with van der Waals surface area (Å²) < 4.78 is 0. The van der Waals surface area contributed by atoms with Gasteiger partial charge in [-0.25, -0.2) is 5.43 Å². The number of rotatable bonds is 3. The Kier molecular flexibility index (Phi) is 3.53. The first-order valence-electron chi connectivity index (χ1n) is 6.57. The van der Waals surface area contributed by atoms with E-state index in [1.807, 2.05) is 12.3 Å². The topological polar surface area (TPSA) is 50.9 Å². The fourth-order valence-electron chi connectivity index (χ4n) is 2.43. The van der Waals surface area contributed by atoms with E-state index < -0.39 is 0 Å². The molecule has 1 unspecified atom stereocenters. The molecule has 0 saturated carbocycles. The highest BCUT2D eigenvalue weighted by molar-refractivity contribution is 7.12. The van der Waals surface area contributed by atoms with E-state index in [2.05, 4.69) is 54.6 Å². The largest absolute Gasteiger partial charge is 0.271 e. The number of aromatic nitrogens is 1. The first kappa shape index (κ1) is 13.2. The van der Waals surface area contributed by atoms with Crippen molar-refractivity contribution in [2.75, 3.05) is 0 Å². The average molecular weight is 283 g/mol. The highest BCUT2D eigenvalue weighted by Crippen LogP contribution is 2.32. The second-order valence-corrected chi connectivity index (χ2v) is 6.20. The van der Waals surface area contributed by atoms with Crippen LogP contribution in [0.25, 0.3) is 10.9 Å². The number of nitrogens with zero attached hydrogens (tertiary/aromatic N) is 1. The lowest BCUT2D eigenvalue weighted by molar-refractivity contribution is 0.649. The van der Waals surface area contributed by atoms with Gasteiger partial charge in [0.25, 0.3) is 0 Å². The predicted molar refractivity (Wildman–Crippen MR) is 84.7 cm³/mol. The second kappa shape index (κ2) is 5.32. The van der Waals surface area contributed by atoms with E-state index in [4.69, 9.17) is 5.84 Å². The number of hydrogen-bond acceptors (Lipinski definition) is 4. The molecular formula is C16H17N3S. The van der Waals surface area contributed by atoms with Crippen LogP contribution in [0.15, 0.2) is 42.6 Å². The van der Waals surface area contributed by atoms with Gasteiger partial charge in [0.05, 0.1) is 11.6 Å². The number of nitrogens with two attached hydrogens (primary N) is 1. The zero-order valence-electron chi connectivity index (χ0n) is 11.6. The van der Waals surface area contributed by atoms with Crippen molar-refractivity contribution in [3.63, 3.8) is 0 Å². The standard InChI is InChI=1S/C16H17N3S/c1-10-9-14(20-11(10)2)16(19-17)13-7-3-5-12-6-4-8-18-15(12)13/h3-9,16,19H,17H2,1-2H3. The molecule has 4 heteroatoms. The van der Waals surface area contributed by atoms with Gasteiger partial charge in [-0.05, 0) is 31.5 Å². The highest BCUT2D eigenvalue weighted by Gasteiger charge is 2.18. The van der Waals surface area contributed by atoms with E-state index in [1.165, 1.54) is 15.3 Å². The van der Waals surface area contributed by atoms with Crippen LogP contribution in [0.5, 0.6) is 0 Å². The van der Waals surface area contributed by atoms with Gasteiger partial charge in [0.15, 0.2) is 0 Å². The van der Waals surface area contributed by atoms with Crippen molar-refractivity contribution >= 4 is 22.2 Å². The van der Waals surface area contributed by atoms with Crippen molar-refractivity contribution in [3.05, 3.63) is 63.5 Å². The van der Waals surface area contributed by atoms with Gasteiger partial charge in [0, 0.05) is 26.9 Å². The molecule has 20 heavy (non-hydrogen) atoms. The molecule has 2 heterocycles. The number of fused-ring (bicyclic) bond motifs is 1. The molecule has 0 saturated heterocycles. The minimum Gasteiger partial charge on any atom is -0.271 e. The number of nitrogens with one attached hydrogen (secondary N) is 1. The summed E-state index contributed by atoms with van der Waals surface area (Å²) in [5.41, 5.74) is 6.36. The Morgan fingerprint density at radius 2 is 2.00 bits per heavy atom. The molecule has 3 nitrogen and oxygen atoms in total. The Bertz CT molecular complexity index is 724. The minimum atomic E-state index is -0.0222. The smallest absolute Gasteiger partial charge is 0.0823 e. The van der Waals surface area contributed by atoms with Crippen molar-refractivity contribution in [2.24, 2.45) is 5.84 Å². The lowest BCUT2D eigenvalue weighted by Gasteiger charge is -2.16. The molecule has 0 fully saturated rings. The lowest BCUT2D eigenvalue weighted by Crippen LogP contribution is -2.28. The second-order valence-electron chi connectivity index (χ2n) is 4.91. The monoisotopic (exact) mass is 283 g/mol. The summed E-state index contributed by atoms with van der Waals surface area (Å²) in [5, 5.41) is 1.13. The molecule has 1 aromatic carbocycles. The maximum absolute atomic E-state index is 5.82. The molecule has 3 rings (SSSR count). The van der Waals surface area contributed by atoms with Crippen LogP contribution in [-0.4, -0.2) is 4.98 Å². The van der Waals surface area contributed by atoms with Crippen molar-refractivity contribution in [1.29, 1.82) is 0 Å². The van der Waals surface area contributed by atoms with E-state index in [0.717, 1.165) is 16.5 Å². The van der Waals surface area contributed by atoms with Gasteiger partial charge in [-0.2, -0.15) is 0 Å². The summed E-state index contributed by atoms with van der Waals surface area (Å²) >= 11 is 1.78. The summed E-state index contributed by atoms with van der Waals surface area (Å²) in [5.74, 6) is 5.82. The molecule has 0 aliphatic rings. The Balaban J connectivity index is 2.16. The fraction of sp³-hybridized carbons (Fsp3) is 0.188. The van der Waals surface area contributed by atoms with Crippen LogP contribution in [0.4, 0.5) is 0 Å². The molecule has 3 aromatic rings. The van der Waals surface area contributed by atoms with Crippen LogP contribution >= 0.6 is 11.3 Å². The van der Waals surface area contributed by atoms with Crippen molar-refractivity contribution in [3.8, 4) is 0 Å². The number of hydrogen-bond donors (Lipinski definition) is 2. The molecular weight excluding hydrogens is 266 g/mol. The maximum Gasteiger partial charge on any atom is 0.0823 e. The lowest BCUT2D eigenvalue weighted by atomic mass is 10.0. The quantitative estimate of drug-likeness (QED) is 0.571. The van der Waals surface area contributed by atoms with Gasteiger partial charge in [-0.3, -0.25) is 10.8 Å². The SMILES string of the molecule is Cc1cc(C(NN)c2cccc3cccnc23)sc1C. The molecule has 0 radical (unpaired) electrons. The van der Waals surface area contributed by atoms with E-state index in [1.54, 1.807) is 11.3 Å². The normalized spacial score (nSPS) is 12.8. The first-order valence-corrected chi connectivity index (χ1v) is 7.39. The van der Waals surface area contributed by atoms with E-state index >= 15 is 0 Å². The third-order valence-corrected chi connectivity index (χ3v) is 4.83. The molecule has 1 atom stereocenters. The summed E-state index contributed by atoms with van der Waals surface area (Å²) in [4.78, 5) is 7.06. The van der Waals surface area contributed by atoms with Crippen LogP contribution in [0, 0.1) is 13.8 Å². The van der Waals surface area contributed by atoms with Crippen molar-refractivity contribution in [2.45, 2.75) is 19.9 Å². The zero-order valence-corrected chi connectivity index (χ0v) is 12.4. The van der Waals surface area contributed by atoms with Crippen LogP contribution < -0.4 is 11.3 Å². The number of aryl methyl sites for hydroxylation is 2. The number of benzene rings is 1. The minimum absolute atomic E-state index is 0.0222. The van der Waals surface area contributed by atoms with Crippen molar-refractivity contribution in [1.82, 2.24) is 10.4 Å². The molecule has 0 bridgehead atoms. The van der Waals surface area contributed by atoms with Gasteiger partial charge < -0.3 is 0 Å². The summed E-state index contributed by atoms with van der Waals surface area (Å²) in [6.07, 6.45) is 1.82. The molecule has 3 N–H and O–H groups in total. The Morgan fingerprint density at radius 3 is 2.70 bits per heavy atom. The molecule has 102 valence electrons. The average Bonchev–Trinajstić information content (AvgIpc) is 2.79. The third-order valence-electron chi connectivity index (χ3n) is 3.61. The molecule has 0 amide bonds. The Morgan fingerprint density at radius 1 is 1.20 bits per heavy atom. The van der Waals surface area contributed by atoms with Gasteiger partial charge in [0.2, 0.25) is 0 Å². The summed E-state index contributed by atoms with van der Waals surface area (Å²) in [6, 6.07) is 12.4. The third kappa shape index (κ3) is 2.22. The number of pyridine rings is 1. The molecule has 2 aromatic heterocycles. The number of para-hydroxylation sites is 1. The van der Waals surface area contributed by atoms with E-state index in [9.17, 15) is 0 Å². The fourth-order valence-corrected chi connectivity index (χ4v) is 3.55. The molecule has 0 aliphatic carbocycles. The van der Waals surface area contributed by atoms with Gasteiger partial charge in [-0.1, -0.05) is 24.3 Å². The maximum atomic E-state index is 5.82. The predicted octanol–water partition coefficient (Wildman–Crippen LogP) is 3.47. The Labute approximate surface area is 122 Å². The van der Waals surface area contributed by atoms with Crippen LogP contribution in [0.2, 0.25) is 0 Å². The molecule has 0 spiro atoms. The van der Waals surface area contributed by atoms with Crippen LogP contribution in [0.3, 0.4) is 0 Å². The van der Waals surface area contributed by atoms with E-state index in [0.29, 0.717) is 0 Å². The van der Waals surface area contributed by atoms with Crippen LogP contribution in [-0.2, 0) is 0 Å². The number of thiophene rings is 1. The van der Waals surface area contributed by atoms with Crippen molar-refractivity contribution < 1.29 is 0 Å². The zero-order chi connectivity index (χ0) is 14.1. The highest BCUT2D eigenvalue weighted by atomic mass is 32.1. The summed E-state index contributed by atoms with van der Waals surface area (Å²) in [6.45, 7) is 4.27. The van der Waals surface area contributed by atoms with Gasteiger partial charge in [-0.15, -0.1) is 11.3 Å².